The molecule has 3 N–H and O–H groups in total. The molecule has 0 saturated carbocycles. The van der Waals surface area contributed by atoms with Gasteiger partial charge in [0.05, 0.1) is 12.2 Å². The largest absolute Gasteiger partial charge is 0.478 e. The number of aromatic carboxylic acids is 1. The molecule has 0 spiro atoms. The van der Waals surface area contributed by atoms with Crippen LogP contribution >= 0.6 is 11.3 Å². The molecule has 0 saturated heterocycles. The highest BCUT2D eigenvalue weighted by Crippen LogP contribution is 2.33. The van der Waals surface area contributed by atoms with Crippen molar-refractivity contribution in [1.29, 1.82) is 0 Å². The third-order valence-corrected chi connectivity index (χ3v) is 3.53. The van der Waals surface area contributed by atoms with Crippen molar-refractivity contribution in [3.05, 3.63) is 40.8 Å². The lowest BCUT2D eigenvalue weighted by molar-refractivity contribution is 0.0526. The van der Waals surface area contributed by atoms with E-state index in [0.717, 1.165) is 11.3 Å². The Hall–Kier alpha value is -2.34. The lowest BCUT2D eigenvalue weighted by Gasteiger charge is -2.05. The second kappa shape index (κ2) is 5.75. The molecule has 0 amide bonds. The van der Waals surface area contributed by atoms with Gasteiger partial charge in [-0.15, -0.1) is 11.3 Å². The van der Waals surface area contributed by atoms with Crippen molar-refractivity contribution in [3.63, 3.8) is 0 Å². The molecule has 2 rings (SSSR count). The maximum Gasteiger partial charge on any atom is 0.339 e. The van der Waals surface area contributed by atoms with Gasteiger partial charge in [0, 0.05) is 10.9 Å². The molecular weight excluding hydrogens is 278 g/mol. The van der Waals surface area contributed by atoms with Crippen molar-refractivity contribution in [2.24, 2.45) is 0 Å². The zero-order valence-electron chi connectivity index (χ0n) is 10.8. The summed E-state index contributed by atoms with van der Waals surface area (Å²) in [6.45, 7) is 2.01. The topological polar surface area (TPSA) is 89.6 Å². The predicted octanol–water partition coefficient (Wildman–Crippen LogP) is 2.87. The van der Waals surface area contributed by atoms with Gasteiger partial charge < -0.3 is 15.6 Å². The molecule has 0 aliphatic rings. The molecule has 20 heavy (non-hydrogen) atoms. The van der Waals surface area contributed by atoms with Gasteiger partial charge in [0.1, 0.15) is 10.6 Å². The summed E-state index contributed by atoms with van der Waals surface area (Å²) in [5.41, 5.74) is 7.25. The maximum absolute atomic E-state index is 11.7. The minimum absolute atomic E-state index is 0.0657. The quantitative estimate of drug-likeness (QED) is 0.845. The third kappa shape index (κ3) is 2.65. The summed E-state index contributed by atoms with van der Waals surface area (Å²) in [7, 11) is 0. The van der Waals surface area contributed by atoms with Gasteiger partial charge >= 0.3 is 11.9 Å². The summed E-state index contributed by atoms with van der Waals surface area (Å²) < 4.78 is 4.92. The van der Waals surface area contributed by atoms with Crippen LogP contribution in [0, 0.1) is 0 Å². The van der Waals surface area contributed by atoms with E-state index in [9.17, 15) is 14.7 Å². The minimum atomic E-state index is -1.08. The Bertz CT molecular complexity index is 663. The Kier molecular flexibility index (Phi) is 4.05. The van der Waals surface area contributed by atoms with Gasteiger partial charge in [-0.3, -0.25) is 0 Å². The number of hydrogen-bond donors (Lipinski definition) is 2. The van der Waals surface area contributed by atoms with Crippen LogP contribution in [0.2, 0.25) is 0 Å². The number of carboxylic acid groups (broad SMARTS) is 1. The molecule has 1 aromatic carbocycles. The molecule has 1 aromatic heterocycles. The Morgan fingerprint density at radius 1 is 1.40 bits per heavy atom. The standard InChI is InChI=1S/C14H13NO4S/c1-2-19-14(18)9-5-3-4-8(6-9)10-7-20-12(15)11(10)13(16)17/h3-7H,2,15H2,1H3,(H,16,17). The van der Waals surface area contributed by atoms with Gasteiger partial charge in [0.2, 0.25) is 0 Å². The summed E-state index contributed by atoms with van der Waals surface area (Å²) >= 11 is 1.16. The van der Waals surface area contributed by atoms with E-state index < -0.39 is 11.9 Å². The summed E-state index contributed by atoms with van der Waals surface area (Å²) in [6, 6.07) is 6.64. The Labute approximate surface area is 119 Å². The van der Waals surface area contributed by atoms with Crippen molar-refractivity contribution < 1.29 is 19.4 Å². The number of hydrogen-bond acceptors (Lipinski definition) is 5. The number of nitrogen functional groups attached to an aromatic ring is 1. The van der Waals surface area contributed by atoms with Crippen LogP contribution in [0.3, 0.4) is 0 Å². The molecule has 0 fully saturated rings. The van der Waals surface area contributed by atoms with E-state index in [2.05, 4.69) is 0 Å². The van der Waals surface area contributed by atoms with Crippen LogP contribution in [-0.2, 0) is 4.74 Å². The van der Waals surface area contributed by atoms with Crippen LogP contribution in [0.15, 0.2) is 29.6 Å². The van der Waals surface area contributed by atoms with Gasteiger partial charge in [-0.05, 0) is 24.6 Å². The number of carbonyl (C=O) groups excluding carboxylic acids is 1. The number of carboxylic acids is 1. The third-order valence-electron chi connectivity index (χ3n) is 2.72. The van der Waals surface area contributed by atoms with E-state index in [0.29, 0.717) is 16.7 Å². The number of anilines is 1. The Balaban J connectivity index is 2.46. The molecule has 104 valence electrons. The fraction of sp³-hybridized carbons (Fsp3) is 0.143. The number of carbonyl (C=O) groups is 2. The normalized spacial score (nSPS) is 10.2. The number of nitrogens with two attached hydrogens (primary N) is 1. The first-order chi connectivity index (χ1) is 9.54. The molecule has 1 heterocycles. The van der Waals surface area contributed by atoms with E-state index in [-0.39, 0.29) is 17.2 Å². The summed E-state index contributed by atoms with van der Waals surface area (Å²) in [4.78, 5) is 22.9. The summed E-state index contributed by atoms with van der Waals surface area (Å²) in [5, 5.41) is 11.1. The van der Waals surface area contributed by atoms with Crippen molar-refractivity contribution >= 4 is 28.3 Å². The molecule has 0 bridgehead atoms. The molecule has 0 aliphatic carbocycles. The zero-order valence-corrected chi connectivity index (χ0v) is 11.6. The number of thiophene rings is 1. The number of rotatable bonds is 4. The fourth-order valence-corrected chi connectivity index (χ4v) is 2.65. The first-order valence-electron chi connectivity index (χ1n) is 5.92. The van der Waals surface area contributed by atoms with Crippen LogP contribution in [-0.4, -0.2) is 23.7 Å². The van der Waals surface area contributed by atoms with Crippen LogP contribution in [0.25, 0.3) is 11.1 Å². The van der Waals surface area contributed by atoms with Crippen molar-refractivity contribution in [2.45, 2.75) is 6.92 Å². The van der Waals surface area contributed by atoms with Crippen LogP contribution in [0.5, 0.6) is 0 Å². The summed E-state index contributed by atoms with van der Waals surface area (Å²) in [6.07, 6.45) is 0. The van der Waals surface area contributed by atoms with Gasteiger partial charge in [-0.2, -0.15) is 0 Å². The lowest BCUT2D eigenvalue weighted by atomic mass is 10.0. The SMILES string of the molecule is CCOC(=O)c1cccc(-c2csc(N)c2C(=O)O)c1. The molecule has 5 nitrogen and oxygen atoms in total. The molecule has 0 unspecified atom stereocenters. The Morgan fingerprint density at radius 3 is 2.80 bits per heavy atom. The first kappa shape index (κ1) is 14.1. The molecule has 0 radical (unpaired) electrons. The molecular formula is C14H13NO4S. The minimum Gasteiger partial charge on any atom is -0.478 e. The average Bonchev–Trinajstić information content (AvgIpc) is 2.81. The van der Waals surface area contributed by atoms with Crippen molar-refractivity contribution in [2.75, 3.05) is 12.3 Å². The Morgan fingerprint density at radius 2 is 2.15 bits per heavy atom. The highest BCUT2D eigenvalue weighted by molar-refractivity contribution is 7.14. The molecule has 0 aliphatic heterocycles. The second-order valence-electron chi connectivity index (χ2n) is 4.00. The first-order valence-corrected chi connectivity index (χ1v) is 6.80. The average molecular weight is 291 g/mol. The maximum atomic E-state index is 11.7. The van der Waals surface area contributed by atoms with E-state index in [4.69, 9.17) is 10.5 Å². The number of ether oxygens (including phenoxy) is 1. The van der Waals surface area contributed by atoms with Gasteiger partial charge in [-0.1, -0.05) is 12.1 Å². The van der Waals surface area contributed by atoms with E-state index in [1.807, 2.05) is 0 Å². The molecule has 2 aromatic rings. The van der Waals surface area contributed by atoms with Crippen molar-refractivity contribution in [1.82, 2.24) is 0 Å². The second-order valence-corrected chi connectivity index (χ2v) is 4.91. The number of esters is 1. The van der Waals surface area contributed by atoms with E-state index >= 15 is 0 Å². The monoisotopic (exact) mass is 291 g/mol. The summed E-state index contributed by atoms with van der Waals surface area (Å²) in [5.74, 6) is -1.52. The fourth-order valence-electron chi connectivity index (χ4n) is 1.83. The van der Waals surface area contributed by atoms with E-state index in [1.165, 1.54) is 0 Å². The predicted molar refractivity (Wildman–Crippen MR) is 77.1 cm³/mol. The highest BCUT2D eigenvalue weighted by atomic mass is 32.1. The van der Waals surface area contributed by atoms with Crippen molar-refractivity contribution in [3.8, 4) is 11.1 Å². The van der Waals surface area contributed by atoms with Crippen LogP contribution in [0.4, 0.5) is 5.00 Å². The lowest BCUT2D eigenvalue weighted by Crippen LogP contribution is -2.05. The molecule has 0 atom stereocenters. The van der Waals surface area contributed by atoms with Crippen LogP contribution < -0.4 is 5.73 Å². The van der Waals surface area contributed by atoms with E-state index in [1.54, 1.807) is 36.6 Å². The molecule has 6 heteroatoms. The zero-order chi connectivity index (χ0) is 14.7. The van der Waals surface area contributed by atoms with Gasteiger partial charge in [-0.25, -0.2) is 9.59 Å². The number of benzene rings is 1. The van der Waals surface area contributed by atoms with Crippen LogP contribution in [0.1, 0.15) is 27.6 Å². The highest BCUT2D eigenvalue weighted by Gasteiger charge is 2.18. The van der Waals surface area contributed by atoms with Gasteiger partial charge in [0.15, 0.2) is 0 Å². The smallest absolute Gasteiger partial charge is 0.339 e. The van der Waals surface area contributed by atoms with Gasteiger partial charge in [0.25, 0.3) is 0 Å².